The number of carbonyl (C=O) groups is 3. The number of thioether (sulfide) groups is 1. The Hall–Kier alpha value is -1.44. The van der Waals surface area contributed by atoms with Crippen molar-refractivity contribution in [3.8, 4) is 0 Å². The number of rotatable bonds is 3. The summed E-state index contributed by atoms with van der Waals surface area (Å²) >= 11 is 1.52. The molecule has 0 aromatic carbocycles. The molecule has 1 atom stereocenters. The van der Waals surface area contributed by atoms with Crippen molar-refractivity contribution in [2.45, 2.75) is 18.9 Å². The molecule has 1 unspecified atom stereocenters. The van der Waals surface area contributed by atoms with Crippen LogP contribution in [-0.4, -0.2) is 76.5 Å². The van der Waals surface area contributed by atoms with Crippen LogP contribution in [0.25, 0.3) is 0 Å². The van der Waals surface area contributed by atoms with Crippen molar-refractivity contribution in [3.05, 3.63) is 0 Å². The van der Waals surface area contributed by atoms with E-state index in [2.05, 4.69) is 5.32 Å². The average Bonchev–Trinajstić information content (AvgIpc) is 2.98. The molecule has 7 nitrogen and oxygen atoms in total. The van der Waals surface area contributed by atoms with E-state index >= 15 is 0 Å². The van der Waals surface area contributed by atoms with Gasteiger partial charge in [0.15, 0.2) is 0 Å². The first kappa shape index (κ1) is 15.0. The molecule has 2 fully saturated rings. The summed E-state index contributed by atoms with van der Waals surface area (Å²) in [5.41, 5.74) is 0. The molecule has 2 saturated heterocycles. The van der Waals surface area contributed by atoms with E-state index in [0.29, 0.717) is 12.3 Å². The van der Waals surface area contributed by atoms with Gasteiger partial charge >= 0.3 is 12.0 Å². The molecular formula is C12H19N3O4S. The molecule has 0 aromatic rings. The van der Waals surface area contributed by atoms with Crippen LogP contribution in [0.4, 0.5) is 4.79 Å². The minimum atomic E-state index is -1.00. The van der Waals surface area contributed by atoms with Crippen molar-refractivity contribution >= 4 is 29.7 Å². The molecule has 112 valence electrons. The summed E-state index contributed by atoms with van der Waals surface area (Å²) in [6.45, 7) is 1.82. The fraction of sp³-hybridized carbons (Fsp3) is 0.750. The standard InChI is InChI=1S/C12H19N3O4S/c16-10(14-3-1-2-4-14)7-13-12(19)15-5-6-20-8-9(15)11(17)18/h9H,1-8H2,(H,13,19)(H,17,18). The highest BCUT2D eigenvalue weighted by Crippen LogP contribution is 2.16. The quantitative estimate of drug-likeness (QED) is 0.755. The lowest BCUT2D eigenvalue weighted by atomic mass is 10.3. The first-order chi connectivity index (χ1) is 9.59. The number of nitrogens with one attached hydrogen (secondary N) is 1. The van der Waals surface area contributed by atoms with E-state index in [1.165, 1.54) is 16.7 Å². The Bertz CT molecular complexity index is 398. The number of nitrogens with zero attached hydrogens (tertiary/aromatic N) is 2. The first-order valence-electron chi connectivity index (χ1n) is 6.72. The molecule has 0 aromatic heterocycles. The third kappa shape index (κ3) is 3.56. The number of carboxylic acid groups (broad SMARTS) is 1. The number of carboxylic acids is 1. The van der Waals surface area contributed by atoms with Gasteiger partial charge in [-0.15, -0.1) is 0 Å². The molecule has 8 heteroatoms. The predicted molar refractivity (Wildman–Crippen MR) is 74.7 cm³/mol. The fourth-order valence-corrected chi connectivity index (χ4v) is 3.42. The summed E-state index contributed by atoms with van der Waals surface area (Å²) in [5, 5.41) is 11.6. The zero-order chi connectivity index (χ0) is 14.5. The Balaban J connectivity index is 1.83. The monoisotopic (exact) mass is 301 g/mol. The lowest BCUT2D eigenvalue weighted by Crippen LogP contribution is -2.55. The highest BCUT2D eigenvalue weighted by Gasteiger charge is 2.32. The van der Waals surface area contributed by atoms with Crippen LogP contribution in [0.3, 0.4) is 0 Å². The van der Waals surface area contributed by atoms with E-state index in [9.17, 15) is 14.4 Å². The number of aliphatic carboxylic acids is 1. The van der Waals surface area contributed by atoms with Gasteiger partial charge in [0, 0.05) is 31.1 Å². The molecule has 2 heterocycles. The maximum Gasteiger partial charge on any atom is 0.327 e. The second kappa shape index (κ2) is 6.83. The number of urea groups is 1. The van der Waals surface area contributed by atoms with E-state index in [-0.39, 0.29) is 12.5 Å². The van der Waals surface area contributed by atoms with Crippen molar-refractivity contribution in [2.75, 3.05) is 37.7 Å². The number of likely N-dealkylation sites (tertiary alicyclic amines) is 1. The zero-order valence-corrected chi connectivity index (χ0v) is 12.0. The number of amides is 3. The third-order valence-corrected chi connectivity index (χ3v) is 4.55. The molecule has 2 aliphatic rings. The number of hydrogen-bond acceptors (Lipinski definition) is 4. The van der Waals surface area contributed by atoms with Gasteiger partial charge in [-0.25, -0.2) is 9.59 Å². The van der Waals surface area contributed by atoms with Crippen LogP contribution < -0.4 is 5.32 Å². The van der Waals surface area contributed by atoms with Gasteiger partial charge in [-0.05, 0) is 12.8 Å². The van der Waals surface area contributed by atoms with Crippen molar-refractivity contribution in [2.24, 2.45) is 0 Å². The van der Waals surface area contributed by atoms with Crippen molar-refractivity contribution in [3.63, 3.8) is 0 Å². The summed E-state index contributed by atoms with van der Waals surface area (Å²) in [6, 6.07) is -1.28. The summed E-state index contributed by atoms with van der Waals surface area (Å²) in [4.78, 5) is 38.0. The van der Waals surface area contributed by atoms with Gasteiger partial charge in [0.1, 0.15) is 6.04 Å². The van der Waals surface area contributed by atoms with Crippen LogP contribution in [0, 0.1) is 0 Å². The molecule has 0 saturated carbocycles. The second-order valence-electron chi connectivity index (χ2n) is 4.87. The lowest BCUT2D eigenvalue weighted by molar-refractivity contribution is -0.141. The van der Waals surface area contributed by atoms with E-state index in [0.717, 1.165) is 31.7 Å². The van der Waals surface area contributed by atoms with E-state index in [4.69, 9.17) is 5.11 Å². The molecular weight excluding hydrogens is 282 g/mol. The van der Waals surface area contributed by atoms with Gasteiger partial charge in [-0.3, -0.25) is 4.79 Å². The van der Waals surface area contributed by atoms with Crippen molar-refractivity contribution in [1.82, 2.24) is 15.1 Å². The van der Waals surface area contributed by atoms with Crippen LogP contribution in [0.2, 0.25) is 0 Å². The van der Waals surface area contributed by atoms with E-state index in [1.807, 2.05) is 0 Å². The van der Waals surface area contributed by atoms with Crippen LogP contribution in [0.5, 0.6) is 0 Å². The molecule has 20 heavy (non-hydrogen) atoms. The number of hydrogen-bond donors (Lipinski definition) is 2. The maximum atomic E-state index is 12.0. The Morgan fingerprint density at radius 1 is 1.20 bits per heavy atom. The van der Waals surface area contributed by atoms with Gasteiger partial charge in [0.25, 0.3) is 0 Å². The summed E-state index contributed by atoms with van der Waals surface area (Å²) in [6.07, 6.45) is 2.01. The van der Waals surface area contributed by atoms with E-state index < -0.39 is 18.0 Å². The normalized spacial score (nSPS) is 22.7. The third-order valence-electron chi connectivity index (χ3n) is 3.52. The van der Waals surface area contributed by atoms with Crippen molar-refractivity contribution in [1.29, 1.82) is 0 Å². The first-order valence-corrected chi connectivity index (χ1v) is 7.88. The zero-order valence-electron chi connectivity index (χ0n) is 11.2. The average molecular weight is 301 g/mol. The van der Waals surface area contributed by atoms with Gasteiger partial charge < -0.3 is 20.2 Å². The summed E-state index contributed by atoms with van der Waals surface area (Å²) in [5.74, 6) is 0.00688. The Kier molecular flexibility index (Phi) is 5.11. The van der Waals surface area contributed by atoms with Gasteiger partial charge in [-0.1, -0.05) is 0 Å². The minimum Gasteiger partial charge on any atom is -0.480 e. The summed E-state index contributed by atoms with van der Waals surface area (Å²) < 4.78 is 0. The van der Waals surface area contributed by atoms with Gasteiger partial charge in [-0.2, -0.15) is 11.8 Å². The van der Waals surface area contributed by atoms with Gasteiger partial charge in [0.05, 0.1) is 6.54 Å². The Morgan fingerprint density at radius 3 is 2.55 bits per heavy atom. The van der Waals surface area contributed by atoms with Gasteiger partial charge in [0.2, 0.25) is 5.91 Å². The second-order valence-corrected chi connectivity index (χ2v) is 6.02. The smallest absolute Gasteiger partial charge is 0.327 e. The predicted octanol–water partition coefficient (Wildman–Crippen LogP) is -0.180. The molecule has 3 amide bonds. The highest BCUT2D eigenvalue weighted by atomic mass is 32.2. The molecule has 2 rings (SSSR count). The van der Waals surface area contributed by atoms with Crippen LogP contribution in [-0.2, 0) is 9.59 Å². The maximum absolute atomic E-state index is 12.0. The fourth-order valence-electron chi connectivity index (χ4n) is 2.38. The molecule has 0 spiro atoms. The summed E-state index contributed by atoms with van der Waals surface area (Å²) in [7, 11) is 0. The molecule has 2 N–H and O–H groups in total. The number of carbonyl (C=O) groups excluding carboxylic acids is 2. The molecule has 0 bridgehead atoms. The Morgan fingerprint density at radius 2 is 1.90 bits per heavy atom. The molecule has 0 radical (unpaired) electrons. The van der Waals surface area contributed by atoms with Crippen LogP contribution >= 0.6 is 11.8 Å². The largest absolute Gasteiger partial charge is 0.480 e. The SMILES string of the molecule is O=C(O)C1CSCCN1C(=O)NCC(=O)N1CCCC1. The Labute approximate surface area is 121 Å². The topological polar surface area (TPSA) is 90.0 Å². The lowest BCUT2D eigenvalue weighted by Gasteiger charge is -2.32. The highest BCUT2D eigenvalue weighted by molar-refractivity contribution is 7.99. The van der Waals surface area contributed by atoms with Crippen LogP contribution in [0.1, 0.15) is 12.8 Å². The van der Waals surface area contributed by atoms with Crippen molar-refractivity contribution < 1.29 is 19.5 Å². The minimum absolute atomic E-state index is 0.0607. The molecule has 0 aliphatic carbocycles. The molecule has 2 aliphatic heterocycles. The van der Waals surface area contributed by atoms with Crippen LogP contribution in [0.15, 0.2) is 0 Å². The van der Waals surface area contributed by atoms with E-state index in [1.54, 1.807) is 4.90 Å².